The number of hydrogen-bond donors (Lipinski definition) is 1. The van der Waals surface area contributed by atoms with E-state index in [4.69, 9.17) is 0 Å². The van der Waals surface area contributed by atoms with Crippen LogP contribution in [0.4, 0.5) is 0 Å². The molecule has 0 aliphatic heterocycles. The van der Waals surface area contributed by atoms with Gasteiger partial charge in [0.15, 0.2) is 0 Å². The standard InChI is InChI=1S/C15H20N2S/c1-2-7-17-14(11-15-6-4-9-18-15)10-13-5-3-8-16-12-13/h3-6,8-9,12,14,17H,2,7,10-11H2,1H3. The van der Waals surface area contributed by atoms with E-state index in [1.807, 2.05) is 29.8 Å². The smallest absolute Gasteiger partial charge is 0.0300 e. The molecule has 0 radical (unpaired) electrons. The van der Waals surface area contributed by atoms with E-state index in [1.54, 1.807) is 0 Å². The van der Waals surface area contributed by atoms with Gasteiger partial charge in [0, 0.05) is 23.3 Å². The lowest BCUT2D eigenvalue weighted by molar-refractivity contribution is 0.507. The molecule has 1 atom stereocenters. The largest absolute Gasteiger partial charge is 0.313 e. The molecular formula is C15H20N2S. The van der Waals surface area contributed by atoms with Crippen LogP contribution in [0, 0.1) is 0 Å². The maximum Gasteiger partial charge on any atom is 0.0300 e. The van der Waals surface area contributed by atoms with E-state index < -0.39 is 0 Å². The SMILES string of the molecule is CCCNC(Cc1cccnc1)Cc1cccs1. The number of hydrogen-bond acceptors (Lipinski definition) is 3. The lowest BCUT2D eigenvalue weighted by Crippen LogP contribution is -2.33. The summed E-state index contributed by atoms with van der Waals surface area (Å²) < 4.78 is 0. The van der Waals surface area contributed by atoms with Crippen LogP contribution < -0.4 is 5.32 Å². The molecule has 0 amide bonds. The van der Waals surface area contributed by atoms with Gasteiger partial charge >= 0.3 is 0 Å². The third-order valence-corrected chi connectivity index (χ3v) is 3.81. The number of rotatable bonds is 7. The maximum atomic E-state index is 4.19. The summed E-state index contributed by atoms with van der Waals surface area (Å²) in [4.78, 5) is 5.64. The molecule has 0 aliphatic carbocycles. The summed E-state index contributed by atoms with van der Waals surface area (Å²) in [6.07, 6.45) is 7.12. The van der Waals surface area contributed by atoms with Crippen LogP contribution in [-0.2, 0) is 12.8 Å². The molecule has 2 nitrogen and oxygen atoms in total. The van der Waals surface area contributed by atoms with Gasteiger partial charge in [0.1, 0.15) is 0 Å². The maximum absolute atomic E-state index is 4.19. The summed E-state index contributed by atoms with van der Waals surface area (Å²) in [6, 6.07) is 9.02. The molecule has 0 bridgehead atoms. The van der Waals surface area contributed by atoms with E-state index in [1.165, 1.54) is 16.9 Å². The molecule has 0 fully saturated rings. The third-order valence-electron chi connectivity index (χ3n) is 2.92. The number of nitrogens with zero attached hydrogens (tertiary/aromatic N) is 1. The Morgan fingerprint density at radius 2 is 2.22 bits per heavy atom. The van der Waals surface area contributed by atoms with E-state index in [9.17, 15) is 0 Å². The van der Waals surface area contributed by atoms with Crippen LogP contribution >= 0.6 is 11.3 Å². The fourth-order valence-electron chi connectivity index (χ4n) is 2.04. The first-order valence-corrected chi connectivity index (χ1v) is 7.41. The molecule has 2 heterocycles. The summed E-state index contributed by atoms with van der Waals surface area (Å²) in [5, 5.41) is 5.78. The quantitative estimate of drug-likeness (QED) is 0.826. The van der Waals surface area contributed by atoms with Crippen molar-refractivity contribution in [1.82, 2.24) is 10.3 Å². The first-order chi connectivity index (χ1) is 8.88. The first kappa shape index (κ1) is 13.2. The second-order valence-corrected chi connectivity index (χ2v) is 5.53. The summed E-state index contributed by atoms with van der Waals surface area (Å²) in [5.41, 5.74) is 1.31. The predicted molar refractivity (Wildman–Crippen MR) is 78.0 cm³/mol. The van der Waals surface area contributed by atoms with E-state index in [-0.39, 0.29) is 0 Å². The highest BCUT2D eigenvalue weighted by Crippen LogP contribution is 2.13. The van der Waals surface area contributed by atoms with Crippen LogP contribution in [0.1, 0.15) is 23.8 Å². The van der Waals surface area contributed by atoms with Crippen LogP contribution in [0.5, 0.6) is 0 Å². The van der Waals surface area contributed by atoms with Crippen LogP contribution in [0.25, 0.3) is 0 Å². The van der Waals surface area contributed by atoms with E-state index in [0.717, 1.165) is 19.4 Å². The molecule has 18 heavy (non-hydrogen) atoms. The van der Waals surface area contributed by atoms with Gasteiger partial charge in [0.2, 0.25) is 0 Å². The highest BCUT2D eigenvalue weighted by Gasteiger charge is 2.10. The minimum atomic E-state index is 0.507. The Hall–Kier alpha value is -1.19. The van der Waals surface area contributed by atoms with Crippen LogP contribution in [0.3, 0.4) is 0 Å². The average molecular weight is 260 g/mol. The molecule has 0 spiro atoms. The minimum absolute atomic E-state index is 0.507. The van der Waals surface area contributed by atoms with Gasteiger partial charge in [-0.3, -0.25) is 4.98 Å². The topological polar surface area (TPSA) is 24.9 Å². The molecule has 2 aromatic heterocycles. The summed E-state index contributed by atoms with van der Waals surface area (Å²) in [7, 11) is 0. The van der Waals surface area contributed by atoms with Crippen molar-refractivity contribution >= 4 is 11.3 Å². The molecule has 96 valence electrons. The zero-order valence-electron chi connectivity index (χ0n) is 10.8. The van der Waals surface area contributed by atoms with Crippen molar-refractivity contribution in [3.8, 4) is 0 Å². The normalized spacial score (nSPS) is 12.5. The molecule has 0 saturated heterocycles. The fraction of sp³-hybridized carbons (Fsp3) is 0.400. The summed E-state index contributed by atoms with van der Waals surface area (Å²) >= 11 is 1.84. The van der Waals surface area contributed by atoms with Gasteiger partial charge in [-0.1, -0.05) is 19.1 Å². The lowest BCUT2D eigenvalue weighted by atomic mass is 10.0. The van der Waals surface area contributed by atoms with Gasteiger partial charge in [-0.25, -0.2) is 0 Å². The van der Waals surface area contributed by atoms with Gasteiger partial charge in [0.25, 0.3) is 0 Å². The van der Waals surface area contributed by atoms with Gasteiger partial charge in [0.05, 0.1) is 0 Å². The van der Waals surface area contributed by atoms with Gasteiger partial charge in [-0.2, -0.15) is 0 Å². The van der Waals surface area contributed by atoms with E-state index >= 15 is 0 Å². The van der Waals surface area contributed by atoms with E-state index in [0.29, 0.717) is 6.04 Å². The Labute approximate surface area is 113 Å². The van der Waals surface area contributed by atoms with Crippen molar-refractivity contribution in [3.63, 3.8) is 0 Å². The minimum Gasteiger partial charge on any atom is -0.313 e. The average Bonchev–Trinajstić information content (AvgIpc) is 2.90. The van der Waals surface area contributed by atoms with Gasteiger partial charge < -0.3 is 5.32 Å². The predicted octanol–water partition coefficient (Wildman–Crippen LogP) is 3.30. The summed E-state index contributed by atoms with van der Waals surface area (Å²) in [6.45, 7) is 3.29. The van der Waals surface area contributed by atoms with Crippen LogP contribution in [0.2, 0.25) is 0 Å². The monoisotopic (exact) mass is 260 g/mol. The zero-order chi connectivity index (χ0) is 12.6. The molecule has 1 unspecified atom stereocenters. The van der Waals surface area contributed by atoms with Crippen LogP contribution in [-0.4, -0.2) is 17.6 Å². The molecule has 0 aliphatic rings. The fourth-order valence-corrected chi connectivity index (χ4v) is 2.83. The summed E-state index contributed by atoms with van der Waals surface area (Å²) in [5.74, 6) is 0. The molecule has 0 saturated carbocycles. The number of pyridine rings is 1. The molecule has 2 aromatic rings. The Morgan fingerprint density at radius 3 is 2.89 bits per heavy atom. The van der Waals surface area contributed by atoms with Gasteiger partial charge in [-0.05, 0) is 48.9 Å². The van der Waals surface area contributed by atoms with Crippen molar-refractivity contribution in [3.05, 3.63) is 52.5 Å². The lowest BCUT2D eigenvalue weighted by Gasteiger charge is -2.17. The molecule has 0 aromatic carbocycles. The highest BCUT2D eigenvalue weighted by atomic mass is 32.1. The Kier molecular flexibility index (Phi) is 5.36. The molecule has 1 N–H and O–H groups in total. The van der Waals surface area contributed by atoms with Crippen molar-refractivity contribution in [2.45, 2.75) is 32.2 Å². The third kappa shape index (κ3) is 4.24. The number of aromatic nitrogens is 1. The van der Waals surface area contributed by atoms with Crippen molar-refractivity contribution in [1.29, 1.82) is 0 Å². The Bertz CT molecular complexity index is 425. The number of thiophene rings is 1. The Morgan fingerprint density at radius 1 is 1.28 bits per heavy atom. The van der Waals surface area contributed by atoms with Crippen molar-refractivity contribution in [2.75, 3.05) is 6.54 Å². The number of nitrogens with one attached hydrogen (secondary N) is 1. The second kappa shape index (κ2) is 7.29. The first-order valence-electron chi connectivity index (χ1n) is 6.53. The Balaban J connectivity index is 1.96. The van der Waals surface area contributed by atoms with Gasteiger partial charge in [-0.15, -0.1) is 11.3 Å². The zero-order valence-corrected chi connectivity index (χ0v) is 11.6. The van der Waals surface area contributed by atoms with E-state index in [2.05, 4.69) is 40.8 Å². The highest BCUT2D eigenvalue weighted by molar-refractivity contribution is 7.09. The van der Waals surface area contributed by atoms with Crippen LogP contribution in [0.15, 0.2) is 42.0 Å². The molecular weight excluding hydrogens is 240 g/mol. The van der Waals surface area contributed by atoms with Crippen molar-refractivity contribution < 1.29 is 0 Å². The molecule has 2 rings (SSSR count). The molecule has 3 heteroatoms. The second-order valence-electron chi connectivity index (χ2n) is 4.50. The van der Waals surface area contributed by atoms with Crippen molar-refractivity contribution in [2.24, 2.45) is 0 Å².